The minimum atomic E-state index is 0.0847. The van der Waals surface area contributed by atoms with Crippen molar-refractivity contribution < 1.29 is 4.74 Å². The molecule has 0 atom stereocenters. The van der Waals surface area contributed by atoms with E-state index < -0.39 is 0 Å². The van der Waals surface area contributed by atoms with E-state index in [2.05, 4.69) is 34.4 Å². The molecule has 27 heavy (non-hydrogen) atoms. The molecule has 0 radical (unpaired) electrons. The summed E-state index contributed by atoms with van der Waals surface area (Å²) >= 11 is 1.93. The molecule has 3 rings (SSSR count). The van der Waals surface area contributed by atoms with E-state index in [4.69, 9.17) is 9.72 Å². The molecule has 0 bridgehead atoms. The van der Waals surface area contributed by atoms with Gasteiger partial charge in [-0.2, -0.15) is 0 Å². The second kappa shape index (κ2) is 9.85. The molecular weight excluding hydrogens is 358 g/mol. The molecule has 0 amide bonds. The molecule has 152 valence electrons. The Bertz CT molecular complexity index is 598. The number of morpholine rings is 1. The Morgan fingerprint density at radius 2 is 2.00 bits per heavy atom. The molecule has 1 aliphatic carbocycles. The van der Waals surface area contributed by atoms with Gasteiger partial charge in [-0.25, -0.2) is 4.98 Å². The molecule has 2 heterocycles. The first-order valence-electron chi connectivity index (χ1n) is 10.3. The Labute approximate surface area is 167 Å². The molecule has 0 unspecified atom stereocenters. The van der Waals surface area contributed by atoms with Crippen molar-refractivity contribution in [1.29, 1.82) is 0 Å². The number of fused-ring (bicyclic) bond motifs is 1. The zero-order chi connectivity index (χ0) is 19.1. The van der Waals surface area contributed by atoms with Gasteiger partial charge in [0.05, 0.1) is 23.9 Å². The van der Waals surface area contributed by atoms with E-state index >= 15 is 0 Å². The van der Waals surface area contributed by atoms with Gasteiger partial charge in [0, 0.05) is 50.1 Å². The number of nitrogens with zero attached hydrogens (tertiary/aromatic N) is 3. The third-order valence-electron chi connectivity index (χ3n) is 5.53. The van der Waals surface area contributed by atoms with Gasteiger partial charge in [-0.15, -0.1) is 11.3 Å². The number of aryl methyl sites for hydroxylation is 3. The summed E-state index contributed by atoms with van der Waals surface area (Å²) < 4.78 is 5.47. The third kappa shape index (κ3) is 5.90. The second-order valence-corrected chi connectivity index (χ2v) is 9.22. The maximum Gasteiger partial charge on any atom is 0.191 e. The summed E-state index contributed by atoms with van der Waals surface area (Å²) in [6, 6.07) is 0. The lowest BCUT2D eigenvalue weighted by molar-refractivity contribution is -0.00833. The van der Waals surface area contributed by atoms with Gasteiger partial charge in [0.1, 0.15) is 0 Å². The van der Waals surface area contributed by atoms with E-state index in [1.165, 1.54) is 41.3 Å². The lowest BCUT2D eigenvalue weighted by atomic mass is 10.0. The highest BCUT2D eigenvalue weighted by Gasteiger charge is 2.28. The van der Waals surface area contributed by atoms with Crippen molar-refractivity contribution >= 4 is 17.3 Å². The molecular formula is C20H35N5OS. The first-order chi connectivity index (χ1) is 13.1. The standard InChI is InChI=1S/C20H35N5OS/c1-20(2,25-11-13-26-14-12-25)15-23-19(21-3)22-10-6-9-18-24-16-7-4-5-8-17(16)27-18/h4-15H2,1-3H3,(H2,21,22,23). The Kier molecular flexibility index (Phi) is 7.49. The van der Waals surface area contributed by atoms with Crippen molar-refractivity contribution in [2.24, 2.45) is 4.99 Å². The molecule has 1 saturated heterocycles. The van der Waals surface area contributed by atoms with Gasteiger partial charge >= 0.3 is 0 Å². The molecule has 1 aromatic heterocycles. The van der Waals surface area contributed by atoms with E-state index in [1.807, 2.05) is 18.4 Å². The number of ether oxygens (including phenoxy) is 1. The van der Waals surface area contributed by atoms with Crippen LogP contribution in [0.2, 0.25) is 0 Å². The molecule has 6 nitrogen and oxygen atoms in total. The van der Waals surface area contributed by atoms with Crippen LogP contribution < -0.4 is 10.6 Å². The minimum Gasteiger partial charge on any atom is -0.379 e. The molecule has 7 heteroatoms. The molecule has 2 N–H and O–H groups in total. The first-order valence-corrected chi connectivity index (χ1v) is 11.1. The van der Waals surface area contributed by atoms with Gasteiger partial charge in [-0.1, -0.05) is 0 Å². The van der Waals surface area contributed by atoms with Gasteiger partial charge in [-0.05, 0) is 46.0 Å². The number of aliphatic imine (C=N–C) groups is 1. The Morgan fingerprint density at radius 1 is 1.22 bits per heavy atom. The summed E-state index contributed by atoms with van der Waals surface area (Å²) in [5.41, 5.74) is 1.46. The summed E-state index contributed by atoms with van der Waals surface area (Å²) in [5, 5.41) is 8.24. The van der Waals surface area contributed by atoms with Crippen LogP contribution in [0.3, 0.4) is 0 Å². The van der Waals surface area contributed by atoms with Crippen molar-refractivity contribution in [2.45, 2.75) is 57.9 Å². The van der Waals surface area contributed by atoms with Crippen LogP contribution in [0.1, 0.15) is 48.7 Å². The fourth-order valence-electron chi connectivity index (χ4n) is 3.76. The van der Waals surface area contributed by atoms with Gasteiger partial charge in [0.25, 0.3) is 0 Å². The monoisotopic (exact) mass is 393 g/mol. The Morgan fingerprint density at radius 3 is 2.74 bits per heavy atom. The predicted octanol–water partition coefficient (Wildman–Crippen LogP) is 2.23. The number of guanidine groups is 1. The largest absolute Gasteiger partial charge is 0.379 e. The number of rotatable bonds is 7. The van der Waals surface area contributed by atoms with Crippen LogP contribution in [0.4, 0.5) is 0 Å². The number of hydrogen-bond acceptors (Lipinski definition) is 5. The normalized spacial score (nSPS) is 19.0. The average molecular weight is 394 g/mol. The lowest BCUT2D eigenvalue weighted by Crippen LogP contribution is -2.56. The number of aromatic nitrogens is 1. The van der Waals surface area contributed by atoms with Crippen LogP contribution in [-0.2, 0) is 24.0 Å². The first kappa shape index (κ1) is 20.6. The van der Waals surface area contributed by atoms with E-state index in [0.29, 0.717) is 0 Å². The van der Waals surface area contributed by atoms with Crippen LogP contribution in [0.25, 0.3) is 0 Å². The van der Waals surface area contributed by atoms with Crippen LogP contribution in [0.5, 0.6) is 0 Å². The number of thiazole rings is 1. The maximum atomic E-state index is 5.47. The summed E-state index contributed by atoms with van der Waals surface area (Å²) in [6.07, 6.45) is 7.20. The fraction of sp³-hybridized carbons (Fsp3) is 0.800. The van der Waals surface area contributed by atoms with Crippen LogP contribution >= 0.6 is 11.3 Å². The van der Waals surface area contributed by atoms with E-state index in [0.717, 1.165) is 58.2 Å². The number of nitrogens with one attached hydrogen (secondary N) is 2. The van der Waals surface area contributed by atoms with Crippen LogP contribution in [-0.4, -0.2) is 67.8 Å². The van der Waals surface area contributed by atoms with Gasteiger partial charge in [0.15, 0.2) is 5.96 Å². The Hall–Kier alpha value is -1.18. The second-order valence-electron chi connectivity index (χ2n) is 8.05. The third-order valence-corrected chi connectivity index (χ3v) is 6.75. The summed E-state index contributed by atoms with van der Waals surface area (Å²) in [7, 11) is 1.84. The highest BCUT2D eigenvalue weighted by Crippen LogP contribution is 2.27. The van der Waals surface area contributed by atoms with E-state index in [9.17, 15) is 0 Å². The Balaban J connectivity index is 1.37. The summed E-state index contributed by atoms with van der Waals surface area (Å²) in [6.45, 7) is 10.0. The smallest absolute Gasteiger partial charge is 0.191 e. The van der Waals surface area contributed by atoms with Crippen molar-refractivity contribution in [3.8, 4) is 0 Å². The molecule has 0 aromatic carbocycles. The molecule has 0 saturated carbocycles. The highest BCUT2D eigenvalue weighted by molar-refractivity contribution is 7.11. The average Bonchev–Trinajstić information content (AvgIpc) is 3.11. The molecule has 1 fully saturated rings. The van der Waals surface area contributed by atoms with Crippen molar-refractivity contribution in [3.05, 3.63) is 15.6 Å². The maximum absolute atomic E-state index is 5.47. The van der Waals surface area contributed by atoms with E-state index in [1.54, 1.807) is 0 Å². The fourth-order valence-corrected chi connectivity index (χ4v) is 4.96. The van der Waals surface area contributed by atoms with Gasteiger partial charge in [-0.3, -0.25) is 9.89 Å². The van der Waals surface area contributed by atoms with Crippen molar-refractivity contribution in [1.82, 2.24) is 20.5 Å². The molecule has 0 spiro atoms. The SMILES string of the molecule is CN=C(NCCCc1nc2c(s1)CCCC2)NCC(C)(C)N1CCOCC1. The number of hydrogen-bond donors (Lipinski definition) is 2. The van der Waals surface area contributed by atoms with Crippen LogP contribution in [0, 0.1) is 0 Å². The zero-order valence-corrected chi connectivity index (χ0v) is 18.0. The summed E-state index contributed by atoms with van der Waals surface area (Å²) in [5.74, 6) is 0.884. The van der Waals surface area contributed by atoms with E-state index in [-0.39, 0.29) is 5.54 Å². The molecule has 1 aromatic rings. The quantitative estimate of drug-likeness (QED) is 0.423. The highest BCUT2D eigenvalue weighted by atomic mass is 32.1. The molecule has 2 aliphatic rings. The summed E-state index contributed by atoms with van der Waals surface area (Å²) in [4.78, 5) is 13.2. The molecule has 1 aliphatic heterocycles. The zero-order valence-electron chi connectivity index (χ0n) is 17.1. The van der Waals surface area contributed by atoms with Gasteiger partial charge < -0.3 is 15.4 Å². The van der Waals surface area contributed by atoms with Crippen LogP contribution in [0.15, 0.2) is 4.99 Å². The van der Waals surface area contributed by atoms with Crippen molar-refractivity contribution in [2.75, 3.05) is 46.4 Å². The van der Waals surface area contributed by atoms with Gasteiger partial charge in [0.2, 0.25) is 0 Å². The van der Waals surface area contributed by atoms with Crippen molar-refractivity contribution in [3.63, 3.8) is 0 Å². The lowest BCUT2D eigenvalue weighted by Gasteiger charge is -2.41. The topological polar surface area (TPSA) is 61.8 Å². The predicted molar refractivity (Wildman–Crippen MR) is 113 cm³/mol. The minimum absolute atomic E-state index is 0.0847.